The SMILES string of the molecule is COC(=O)Cn1cc(NS(=O)(=O)c2ccccc2)cn1. The van der Waals surface area contributed by atoms with Crippen molar-refractivity contribution in [2.24, 2.45) is 0 Å². The Morgan fingerprint density at radius 1 is 1.35 bits per heavy atom. The van der Waals surface area contributed by atoms with Crippen LogP contribution in [0.1, 0.15) is 0 Å². The van der Waals surface area contributed by atoms with E-state index in [1.165, 1.54) is 36.3 Å². The zero-order chi connectivity index (χ0) is 14.6. The number of nitrogens with zero attached hydrogens (tertiary/aromatic N) is 2. The Morgan fingerprint density at radius 2 is 2.05 bits per heavy atom. The number of benzene rings is 1. The third-order valence-corrected chi connectivity index (χ3v) is 3.85. The number of methoxy groups -OCH3 is 1. The van der Waals surface area contributed by atoms with Crippen LogP contribution in [-0.2, 0) is 26.1 Å². The highest BCUT2D eigenvalue weighted by molar-refractivity contribution is 7.92. The number of nitrogens with one attached hydrogen (secondary N) is 1. The van der Waals surface area contributed by atoms with Crippen molar-refractivity contribution in [2.45, 2.75) is 11.4 Å². The maximum Gasteiger partial charge on any atom is 0.327 e. The molecule has 0 saturated carbocycles. The molecule has 2 aromatic rings. The lowest BCUT2D eigenvalue weighted by Crippen LogP contribution is -2.13. The molecule has 0 atom stereocenters. The van der Waals surface area contributed by atoms with Crippen LogP contribution >= 0.6 is 0 Å². The number of carbonyl (C=O) groups excluding carboxylic acids is 1. The number of sulfonamides is 1. The molecule has 2 rings (SSSR count). The highest BCUT2D eigenvalue weighted by atomic mass is 32.2. The Balaban J connectivity index is 2.13. The molecule has 1 aromatic carbocycles. The fraction of sp³-hybridized carbons (Fsp3) is 0.167. The summed E-state index contributed by atoms with van der Waals surface area (Å²) in [5.74, 6) is -0.467. The first-order chi connectivity index (χ1) is 9.51. The van der Waals surface area contributed by atoms with Crippen LogP contribution in [0, 0.1) is 0 Å². The molecule has 0 unspecified atom stereocenters. The quantitative estimate of drug-likeness (QED) is 0.826. The lowest BCUT2D eigenvalue weighted by molar-refractivity contribution is -0.141. The average molecular weight is 295 g/mol. The predicted molar refractivity (Wildman–Crippen MR) is 71.5 cm³/mol. The summed E-state index contributed by atoms with van der Waals surface area (Å²) in [4.78, 5) is 11.2. The van der Waals surface area contributed by atoms with Gasteiger partial charge in [-0.25, -0.2) is 8.42 Å². The molecule has 1 N–H and O–H groups in total. The Morgan fingerprint density at radius 3 is 2.70 bits per heavy atom. The van der Waals surface area contributed by atoms with Crippen LogP contribution in [0.15, 0.2) is 47.6 Å². The molecule has 0 fully saturated rings. The second kappa shape index (κ2) is 5.74. The molecule has 20 heavy (non-hydrogen) atoms. The van der Waals surface area contributed by atoms with Gasteiger partial charge in [-0.05, 0) is 12.1 Å². The molecule has 0 aliphatic heterocycles. The maximum atomic E-state index is 12.0. The number of carbonyl (C=O) groups is 1. The molecule has 1 aromatic heterocycles. The second-order valence-electron chi connectivity index (χ2n) is 3.92. The summed E-state index contributed by atoms with van der Waals surface area (Å²) < 4.78 is 32.3. The van der Waals surface area contributed by atoms with Gasteiger partial charge in [-0.1, -0.05) is 18.2 Å². The van der Waals surface area contributed by atoms with Gasteiger partial charge in [0.1, 0.15) is 6.54 Å². The minimum atomic E-state index is -3.65. The number of aromatic nitrogens is 2. The lowest BCUT2D eigenvalue weighted by Gasteiger charge is -2.05. The van der Waals surface area contributed by atoms with E-state index in [9.17, 15) is 13.2 Å². The molecule has 1 heterocycles. The van der Waals surface area contributed by atoms with E-state index in [2.05, 4.69) is 14.6 Å². The van der Waals surface area contributed by atoms with E-state index in [4.69, 9.17) is 0 Å². The smallest absolute Gasteiger partial charge is 0.327 e. The van der Waals surface area contributed by atoms with Crippen LogP contribution in [0.5, 0.6) is 0 Å². The molecule has 0 saturated heterocycles. The van der Waals surface area contributed by atoms with Gasteiger partial charge in [-0.15, -0.1) is 0 Å². The molecule has 0 spiro atoms. The summed E-state index contributed by atoms with van der Waals surface area (Å²) in [6, 6.07) is 7.97. The number of hydrogen-bond donors (Lipinski definition) is 1. The van der Waals surface area contributed by atoms with Crippen molar-refractivity contribution in [3.05, 3.63) is 42.7 Å². The summed E-state index contributed by atoms with van der Waals surface area (Å²) in [7, 11) is -2.38. The molecule has 106 valence electrons. The summed E-state index contributed by atoms with van der Waals surface area (Å²) in [5.41, 5.74) is 0.276. The van der Waals surface area contributed by atoms with Gasteiger partial charge in [0.15, 0.2) is 0 Å². The van der Waals surface area contributed by atoms with Gasteiger partial charge >= 0.3 is 5.97 Å². The Kier molecular flexibility index (Phi) is 4.04. The highest BCUT2D eigenvalue weighted by Crippen LogP contribution is 2.14. The van der Waals surface area contributed by atoms with Gasteiger partial charge in [0, 0.05) is 6.20 Å². The topological polar surface area (TPSA) is 90.3 Å². The van der Waals surface area contributed by atoms with Crippen LogP contribution in [0.3, 0.4) is 0 Å². The van der Waals surface area contributed by atoms with Crippen LogP contribution < -0.4 is 4.72 Å². The predicted octanol–water partition coefficient (Wildman–Crippen LogP) is 0.857. The van der Waals surface area contributed by atoms with Gasteiger partial charge in [0.05, 0.1) is 23.9 Å². The van der Waals surface area contributed by atoms with Crippen molar-refractivity contribution in [1.29, 1.82) is 0 Å². The van der Waals surface area contributed by atoms with E-state index < -0.39 is 16.0 Å². The monoisotopic (exact) mass is 295 g/mol. The van der Waals surface area contributed by atoms with Crippen LogP contribution in [0.25, 0.3) is 0 Å². The third kappa shape index (κ3) is 3.35. The van der Waals surface area contributed by atoms with E-state index in [1.54, 1.807) is 18.2 Å². The number of hydrogen-bond acceptors (Lipinski definition) is 5. The molecule has 0 radical (unpaired) electrons. The van der Waals surface area contributed by atoms with Gasteiger partial charge in [-0.2, -0.15) is 5.10 Å². The molecule has 0 aliphatic carbocycles. The average Bonchev–Trinajstić information content (AvgIpc) is 2.86. The third-order valence-electron chi connectivity index (χ3n) is 2.46. The van der Waals surface area contributed by atoms with Crippen molar-refractivity contribution in [3.63, 3.8) is 0 Å². The van der Waals surface area contributed by atoms with E-state index >= 15 is 0 Å². The Labute approximate surface area is 116 Å². The lowest BCUT2D eigenvalue weighted by atomic mass is 10.4. The van der Waals surface area contributed by atoms with E-state index in [-0.39, 0.29) is 17.1 Å². The summed E-state index contributed by atoms with van der Waals surface area (Å²) in [6.07, 6.45) is 2.74. The van der Waals surface area contributed by atoms with Crippen molar-refractivity contribution >= 4 is 21.7 Å². The molecule has 7 nitrogen and oxygen atoms in total. The Hall–Kier alpha value is -2.35. The van der Waals surface area contributed by atoms with Gasteiger partial charge in [0.2, 0.25) is 0 Å². The van der Waals surface area contributed by atoms with Crippen molar-refractivity contribution in [1.82, 2.24) is 9.78 Å². The van der Waals surface area contributed by atoms with Crippen molar-refractivity contribution in [2.75, 3.05) is 11.8 Å². The number of ether oxygens (including phenoxy) is 1. The Bertz CT molecular complexity index is 695. The number of anilines is 1. The highest BCUT2D eigenvalue weighted by Gasteiger charge is 2.14. The molecule has 0 amide bonds. The normalized spacial score (nSPS) is 11.1. The number of rotatable bonds is 5. The van der Waals surface area contributed by atoms with E-state index in [1.807, 2.05) is 0 Å². The molecule has 8 heteroatoms. The molecular weight excluding hydrogens is 282 g/mol. The first kappa shape index (κ1) is 14.1. The molecular formula is C12H13N3O4S. The standard InChI is InChI=1S/C12H13N3O4S/c1-19-12(16)9-15-8-10(7-13-15)14-20(17,18)11-5-3-2-4-6-11/h2-8,14H,9H2,1H3. The fourth-order valence-electron chi connectivity index (χ4n) is 1.51. The van der Waals surface area contributed by atoms with Crippen LogP contribution in [0.4, 0.5) is 5.69 Å². The summed E-state index contributed by atoms with van der Waals surface area (Å²) in [6.45, 7) is -0.0798. The zero-order valence-electron chi connectivity index (χ0n) is 10.7. The van der Waals surface area contributed by atoms with Crippen LogP contribution in [-0.4, -0.2) is 31.3 Å². The van der Waals surface area contributed by atoms with Crippen molar-refractivity contribution in [3.8, 4) is 0 Å². The minimum absolute atomic E-state index is 0.0798. The van der Waals surface area contributed by atoms with E-state index in [0.29, 0.717) is 0 Å². The minimum Gasteiger partial charge on any atom is -0.468 e. The van der Waals surface area contributed by atoms with E-state index in [0.717, 1.165) is 0 Å². The summed E-state index contributed by atoms with van der Waals surface area (Å²) >= 11 is 0. The zero-order valence-corrected chi connectivity index (χ0v) is 11.5. The van der Waals surface area contributed by atoms with Gasteiger partial charge < -0.3 is 4.74 Å². The first-order valence-corrected chi connectivity index (χ1v) is 7.17. The molecule has 0 bridgehead atoms. The second-order valence-corrected chi connectivity index (χ2v) is 5.60. The van der Waals surface area contributed by atoms with Gasteiger partial charge in [-0.3, -0.25) is 14.2 Å². The number of esters is 1. The van der Waals surface area contributed by atoms with Crippen molar-refractivity contribution < 1.29 is 17.9 Å². The first-order valence-electron chi connectivity index (χ1n) is 5.68. The van der Waals surface area contributed by atoms with Crippen LogP contribution in [0.2, 0.25) is 0 Å². The molecule has 0 aliphatic rings. The fourth-order valence-corrected chi connectivity index (χ4v) is 2.56. The largest absolute Gasteiger partial charge is 0.468 e. The maximum absolute atomic E-state index is 12.0. The summed E-state index contributed by atoms with van der Waals surface area (Å²) in [5, 5.41) is 3.87. The van der Waals surface area contributed by atoms with Gasteiger partial charge in [0.25, 0.3) is 10.0 Å².